The lowest BCUT2D eigenvalue weighted by molar-refractivity contribution is -0.136. The Morgan fingerprint density at radius 1 is 0.897 bits per heavy atom. The summed E-state index contributed by atoms with van der Waals surface area (Å²) < 4.78 is 5.23. The quantitative estimate of drug-likeness (QED) is 0.395. The van der Waals surface area contributed by atoms with E-state index in [0.29, 0.717) is 22.8 Å². The van der Waals surface area contributed by atoms with Crippen LogP contribution in [0.2, 0.25) is 0 Å². The van der Waals surface area contributed by atoms with Crippen molar-refractivity contribution in [2.45, 2.75) is 38.4 Å². The van der Waals surface area contributed by atoms with Crippen LogP contribution in [0, 0.1) is 0 Å². The lowest BCUT2D eigenvalue weighted by Crippen LogP contribution is -2.32. The summed E-state index contributed by atoms with van der Waals surface area (Å²) in [6, 6.07) is 17.3. The number of carbonyl (C=O) groups is 2. The summed E-state index contributed by atoms with van der Waals surface area (Å²) in [5.74, 6) is 1.02. The molecule has 29 heavy (non-hydrogen) atoms. The molecule has 0 saturated heterocycles. The summed E-state index contributed by atoms with van der Waals surface area (Å²) in [5, 5.41) is 0. The first-order valence-corrected chi connectivity index (χ1v) is 11.1. The van der Waals surface area contributed by atoms with Gasteiger partial charge in [-0.15, -0.1) is 11.8 Å². The van der Waals surface area contributed by atoms with Gasteiger partial charge in [0.25, 0.3) is 11.8 Å². The molecule has 1 aliphatic heterocycles. The number of hydrogen-bond acceptors (Lipinski definition) is 4. The average molecular weight is 410 g/mol. The summed E-state index contributed by atoms with van der Waals surface area (Å²) in [5.41, 5.74) is 2.39. The van der Waals surface area contributed by atoms with Gasteiger partial charge in [-0.05, 0) is 29.7 Å². The number of rotatable bonds is 10. The van der Waals surface area contributed by atoms with E-state index in [1.807, 2.05) is 54.6 Å². The van der Waals surface area contributed by atoms with Gasteiger partial charge < -0.3 is 4.74 Å². The van der Waals surface area contributed by atoms with Crippen LogP contribution in [0.1, 0.15) is 43.7 Å². The highest BCUT2D eigenvalue weighted by atomic mass is 32.2. The van der Waals surface area contributed by atoms with Gasteiger partial charge in [-0.2, -0.15) is 0 Å². The number of amides is 2. The Morgan fingerprint density at radius 3 is 2.28 bits per heavy atom. The number of unbranched alkanes of at least 4 members (excludes halogenated alkanes) is 3. The van der Waals surface area contributed by atoms with E-state index in [-0.39, 0.29) is 11.8 Å². The summed E-state index contributed by atoms with van der Waals surface area (Å²) in [6.45, 7) is 2.63. The van der Waals surface area contributed by atoms with Gasteiger partial charge in [0.05, 0.1) is 17.6 Å². The SMILES string of the molecule is CCCCCCN1C(=O)C(SCc2ccccc2)=C(c2ccc(OC)cc2)C1=O. The van der Waals surface area contributed by atoms with Crippen LogP contribution >= 0.6 is 11.8 Å². The first kappa shape index (κ1) is 21.2. The standard InChI is InChI=1S/C24H27NO3S/c1-3-4-5-9-16-25-23(26)21(19-12-14-20(28-2)15-13-19)22(24(25)27)29-17-18-10-7-6-8-11-18/h6-8,10-15H,3-5,9,16-17H2,1-2H3. The van der Waals surface area contributed by atoms with E-state index in [2.05, 4.69) is 6.92 Å². The Balaban J connectivity index is 1.85. The molecule has 4 nitrogen and oxygen atoms in total. The van der Waals surface area contributed by atoms with Gasteiger partial charge >= 0.3 is 0 Å². The van der Waals surface area contributed by atoms with E-state index in [4.69, 9.17) is 4.74 Å². The molecule has 2 amide bonds. The number of nitrogens with zero attached hydrogens (tertiary/aromatic N) is 1. The van der Waals surface area contributed by atoms with Crippen LogP contribution in [-0.2, 0) is 15.3 Å². The number of imide groups is 1. The maximum absolute atomic E-state index is 13.2. The van der Waals surface area contributed by atoms with Crippen LogP contribution in [0.5, 0.6) is 5.75 Å². The van der Waals surface area contributed by atoms with Gasteiger partial charge in [0, 0.05) is 12.3 Å². The van der Waals surface area contributed by atoms with Crippen molar-refractivity contribution in [3.8, 4) is 5.75 Å². The molecule has 0 aliphatic carbocycles. The van der Waals surface area contributed by atoms with Gasteiger partial charge in [-0.25, -0.2) is 0 Å². The van der Waals surface area contributed by atoms with Crippen molar-refractivity contribution in [3.63, 3.8) is 0 Å². The van der Waals surface area contributed by atoms with Gasteiger partial charge in [0.1, 0.15) is 5.75 Å². The van der Waals surface area contributed by atoms with E-state index in [0.717, 1.165) is 42.6 Å². The highest BCUT2D eigenvalue weighted by Crippen LogP contribution is 2.38. The van der Waals surface area contributed by atoms with E-state index >= 15 is 0 Å². The molecule has 0 spiro atoms. The third-order valence-corrected chi connectivity index (χ3v) is 6.11. The number of carbonyl (C=O) groups excluding carboxylic acids is 2. The topological polar surface area (TPSA) is 46.6 Å². The van der Waals surface area contributed by atoms with Crippen LogP contribution < -0.4 is 4.74 Å². The fourth-order valence-corrected chi connectivity index (χ4v) is 4.42. The highest BCUT2D eigenvalue weighted by Gasteiger charge is 2.38. The van der Waals surface area contributed by atoms with Crippen molar-refractivity contribution in [2.24, 2.45) is 0 Å². The molecule has 5 heteroatoms. The van der Waals surface area contributed by atoms with Gasteiger partial charge in [-0.1, -0.05) is 68.7 Å². The van der Waals surface area contributed by atoms with Crippen LogP contribution in [0.4, 0.5) is 0 Å². The molecule has 152 valence electrons. The van der Waals surface area contributed by atoms with Gasteiger partial charge in [0.15, 0.2) is 0 Å². The second-order valence-corrected chi connectivity index (χ2v) is 8.02. The predicted molar refractivity (Wildman–Crippen MR) is 119 cm³/mol. The zero-order valence-corrected chi connectivity index (χ0v) is 17.8. The van der Waals surface area contributed by atoms with E-state index in [1.54, 1.807) is 7.11 Å². The minimum Gasteiger partial charge on any atom is -0.497 e. The van der Waals surface area contributed by atoms with Crippen LogP contribution in [0.25, 0.3) is 5.57 Å². The number of hydrogen-bond donors (Lipinski definition) is 0. The molecule has 3 rings (SSSR count). The minimum atomic E-state index is -0.188. The molecule has 0 atom stereocenters. The Labute approximate surface area is 176 Å². The fraction of sp³-hybridized carbons (Fsp3) is 0.333. The predicted octanol–water partition coefficient (Wildman–Crippen LogP) is 5.29. The maximum Gasteiger partial charge on any atom is 0.267 e. The zero-order valence-electron chi connectivity index (χ0n) is 17.0. The first-order valence-electron chi connectivity index (χ1n) is 10.1. The van der Waals surface area contributed by atoms with Crippen LogP contribution in [-0.4, -0.2) is 30.4 Å². The lowest BCUT2D eigenvalue weighted by Gasteiger charge is -2.15. The summed E-state index contributed by atoms with van der Waals surface area (Å²) in [6.07, 6.45) is 4.11. The minimum absolute atomic E-state index is 0.168. The van der Waals surface area contributed by atoms with Crippen LogP contribution in [0.15, 0.2) is 59.5 Å². The average Bonchev–Trinajstić information content (AvgIpc) is 3.00. The third kappa shape index (κ3) is 5.10. The monoisotopic (exact) mass is 409 g/mol. The molecule has 2 aromatic carbocycles. The second-order valence-electron chi connectivity index (χ2n) is 7.03. The van der Waals surface area contributed by atoms with E-state index in [9.17, 15) is 9.59 Å². The Morgan fingerprint density at radius 2 is 1.62 bits per heavy atom. The van der Waals surface area contributed by atoms with Crippen molar-refractivity contribution < 1.29 is 14.3 Å². The van der Waals surface area contributed by atoms with Crippen molar-refractivity contribution in [1.82, 2.24) is 4.90 Å². The van der Waals surface area contributed by atoms with Crippen molar-refractivity contribution in [1.29, 1.82) is 0 Å². The number of benzene rings is 2. The molecule has 1 aliphatic rings. The third-order valence-electron chi connectivity index (χ3n) is 4.97. The molecule has 1 heterocycles. The molecule has 0 bridgehead atoms. The normalized spacial score (nSPS) is 14.1. The van der Waals surface area contributed by atoms with Crippen molar-refractivity contribution in [2.75, 3.05) is 13.7 Å². The van der Waals surface area contributed by atoms with Gasteiger partial charge in [-0.3, -0.25) is 14.5 Å². The summed E-state index contributed by atoms with van der Waals surface area (Å²) >= 11 is 1.45. The molecule has 0 N–H and O–H groups in total. The van der Waals surface area contributed by atoms with Crippen molar-refractivity contribution in [3.05, 3.63) is 70.6 Å². The van der Waals surface area contributed by atoms with Crippen molar-refractivity contribution >= 4 is 29.1 Å². The molecule has 0 fully saturated rings. The molecule has 2 aromatic rings. The maximum atomic E-state index is 13.2. The fourth-order valence-electron chi connectivity index (χ4n) is 3.33. The Hall–Kier alpha value is -2.53. The van der Waals surface area contributed by atoms with E-state index < -0.39 is 0 Å². The molecular formula is C24H27NO3S. The lowest BCUT2D eigenvalue weighted by atomic mass is 10.1. The number of ether oxygens (including phenoxy) is 1. The second kappa shape index (κ2) is 10.3. The summed E-state index contributed by atoms with van der Waals surface area (Å²) in [4.78, 5) is 28.2. The number of thioether (sulfide) groups is 1. The van der Waals surface area contributed by atoms with Crippen LogP contribution in [0.3, 0.4) is 0 Å². The smallest absolute Gasteiger partial charge is 0.267 e. The highest BCUT2D eigenvalue weighted by molar-refractivity contribution is 8.03. The Kier molecular flexibility index (Phi) is 7.53. The van der Waals surface area contributed by atoms with E-state index in [1.165, 1.54) is 16.7 Å². The molecule has 0 radical (unpaired) electrons. The molecule has 0 unspecified atom stereocenters. The zero-order chi connectivity index (χ0) is 20.6. The largest absolute Gasteiger partial charge is 0.497 e. The summed E-state index contributed by atoms with van der Waals surface area (Å²) in [7, 11) is 1.61. The Bertz CT molecular complexity index is 875. The molecular weight excluding hydrogens is 382 g/mol. The number of methoxy groups -OCH3 is 1. The molecule has 0 saturated carbocycles. The molecule has 0 aromatic heterocycles. The van der Waals surface area contributed by atoms with Gasteiger partial charge in [0.2, 0.25) is 0 Å². The first-order chi connectivity index (χ1) is 14.2.